The predicted molar refractivity (Wildman–Crippen MR) is 78.5 cm³/mol. The summed E-state index contributed by atoms with van der Waals surface area (Å²) in [6.07, 6.45) is 1.35. The minimum absolute atomic E-state index is 0.0183. The lowest BCUT2D eigenvalue weighted by molar-refractivity contribution is 0.0709. The summed E-state index contributed by atoms with van der Waals surface area (Å²) in [5.74, 6) is 0.121. The summed E-state index contributed by atoms with van der Waals surface area (Å²) < 4.78 is 0. The summed E-state index contributed by atoms with van der Waals surface area (Å²) in [6, 6.07) is 4.83. The van der Waals surface area contributed by atoms with Gasteiger partial charge >= 0.3 is 0 Å². The highest BCUT2D eigenvalue weighted by molar-refractivity contribution is 6.36. The van der Waals surface area contributed by atoms with Crippen LogP contribution in [0.25, 0.3) is 0 Å². The van der Waals surface area contributed by atoms with Crippen molar-refractivity contribution in [2.24, 2.45) is 16.8 Å². The summed E-state index contributed by atoms with van der Waals surface area (Å²) in [5.41, 5.74) is 6.02. The third-order valence-electron chi connectivity index (χ3n) is 3.48. The van der Waals surface area contributed by atoms with Crippen LogP contribution in [0.5, 0.6) is 0 Å². The van der Waals surface area contributed by atoms with E-state index in [1.54, 1.807) is 23.1 Å². The summed E-state index contributed by atoms with van der Waals surface area (Å²) >= 11 is 11.9. The number of amides is 1. The largest absolute Gasteiger partial charge is 0.409 e. The molecule has 1 aromatic carbocycles. The molecule has 1 saturated heterocycles. The van der Waals surface area contributed by atoms with Crippen LogP contribution in [-0.4, -0.2) is 34.9 Å². The Balaban J connectivity index is 2.05. The van der Waals surface area contributed by atoms with Crippen molar-refractivity contribution in [1.29, 1.82) is 0 Å². The number of carbonyl (C=O) groups is 1. The third kappa shape index (κ3) is 3.16. The molecule has 0 radical (unpaired) electrons. The molecule has 108 valence electrons. The first-order chi connectivity index (χ1) is 9.52. The second-order valence-electron chi connectivity index (χ2n) is 4.72. The summed E-state index contributed by atoms with van der Waals surface area (Å²) in [6.45, 7) is 1.11. The monoisotopic (exact) mass is 315 g/mol. The number of carbonyl (C=O) groups excluding carboxylic acids is 1. The van der Waals surface area contributed by atoms with E-state index >= 15 is 0 Å². The molecular formula is C13H15Cl2N3O2. The lowest BCUT2D eigenvalue weighted by atomic mass is 9.95. The highest BCUT2D eigenvalue weighted by atomic mass is 35.5. The molecule has 1 fully saturated rings. The summed E-state index contributed by atoms with van der Waals surface area (Å²) in [4.78, 5) is 14.1. The molecule has 1 aliphatic rings. The lowest BCUT2D eigenvalue weighted by Gasteiger charge is -2.31. The molecule has 2 rings (SSSR count). The van der Waals surface area contributed by atoms with Crippen LogP contribution in [0.3, 0.4) is 0 Å². The van der Waals surface area contributed by atoms with Gasteiger partial charge in [0.25, 0.3) is 5.91 Å². The number of amidine groups is 1. The molecule has 0 saturated carbocycles. The smallest absolute Gasteiger partial charge is 0.255 e. The number of benzene rings is 1. The first kappa shape index (κ1) is 14.9. The number of hydrogen-bond donors (Lipinski definition) is 2. The van der Waals surface area contributed by atoms with Gasteiger partial charge in [0.1, 0.15) is 5.84 Å². The van der Waals surface area contributed by atoms with E-state index in [-0.39, 0.29) is 17.7 Å². The summed E-state index contributed by atoms with van der Waals surface area (Å²) in [5, 5.41) is 12.5. The molecule has 3 N–H and O–H groups in total. The quantitative estimate of drug-likeness (QED) is 0.381. The van der Waals surface area contributed by atoms with Crippen molar-refractivity contribution >= 4 is 34.9 Å². The molecule has 1 aliphatic heterocycles. The van der Waals surface area contributed by atoms with E-state index in [0.717, 1.165) is 0 Å². The van der Waals surface area contributed by atoms with E-state index < -0.39 is 0 Å². The second kappa shape index (κ2) is 6.33. The first-order valence-corrected chi connectivity index (χ1v) is 7.00. The fourth-order valence-corrected chi connectivity index (χ4v) is 2.78. The molecule has 0 atom stereocenters. The zero-order valence-corrected chi connectivity index (χ0v) is 12.2. The molecule has 5 nitrogen and oxygen atoms in total. The molecule has 0 unspecified atom stereocenters. The topological polar surface area (TPSA) is 78.9 Å². The van der Waals surface area contributed by atoms with Crippen LogP contribution >= 0.6 is 23.2 Å². The van der Waals surface area contributed by atoms with Crippen molar-refractivity contribution in [3.8, 4) is 0 Å². The number of piperidine rings is 1. The average Bonchev–Trinajstić information content (AvgIpc) is 2.46. The molecule has 0 bridgehead atoms. The van der Waals surface area contributed by atoms with Crippen LogP contribution in [-0.2, 0) is 0 Å². The Kier molecular flexibility index (Phi) is 4.73. The van der Waals surface area contributed by atoms with Crippen molar-refractivity contribution in [2.45, 2.75) is 12.8 Å². The van der Waals surface area contributed by atoms with Crippen LogP contribution in [0.4, 0.5) is 0 Å². The first-order valence-electron chi connectivity index (χ1n) is 6.24. The Labute approximate surface area is 126 Å². The normalized spacial score (nSPS) is 17.3. The van der Waals surface area contributed by atoms with Crippen molar-refractivity contribution in [1.82, 2.24) is 4.90 Å². The van der Waals surface area contributed by atoms with Crippen LogP contribution in [0.2, 0.25) is 10.0 Å². The molecule has 0 aromatic heterocycles. The van der Waals surface area contributed by atoms with Crippen LogP contribution in [0.1, 0.15) is 23.2 Å². The molecule has 1 heterocycles. The lowest BCUT2D eigenvalue weighted by Crippen LogP contribution is -2.41. The predicted octanol–water partition coefficient (Wildman–Crippen LogP) is 2.59. The van der Waals surface area contributed by atoms with Crippen LogP contribution in [0, 0.1) is 5.92 Å². The molecular weight excluding hydrogens is 301 g/mol. The standard InChI is InChI=1S/C13H15Cl2N3O2/c14-9-1-2-10(11(15)7-9)13(19)18-5-3-8(4-6-18)12(16)17-20/h1-2,7-8,20H,3-6H2,(H2,16,17). The van der Waals surface area contributed by atoms with Crippen molar-refractivity contribution in [2.75, 3.05) is 13.1 Å². The van der Waals surface area contributed by atoms with E-state index in [0.29, 0.717) is 41.5 Å². The van der Waals surface area contributed by atoms with Gasteiger partial charge in [0.2, 0.25) is 0 Å². The van der Waals surface area contributed by atoms with E-state index in [4.69, 9.17) is 34.1 Å². The molecule has 1 aromatic rings. The van der Waals surface area contributed by atoms with Gasteiger partial charge in [0, 0.05) is 24.0 Å². The zero-order valence-electron chi connectivity index (χ0n) is 10.7. The number of likely N-dealkylation sites (tertiary alicyclic amines) is 1. The van der Waals surface area contributed by atoms with Crippen molar-refractivity contribution in [3.05, 3.63) is 33.8 Å². The summed E-state index contributed by atoms with van der Waals surface area (Å²) in [7, 11) is 0. The van der Waals surface area contributed by atoms with Gasteiger partial charge in [-0.15, -0.1) is 0 Å². The van der Waals surface area contributed by atoms with E-state index in [2.05, 4.69) is 5.16 Å². The van der Waals surface area contributed by atoms with E-state index in [9.17, 15) is 4.79 Å². The molecule has 20 heavy (non-hydrogen) atoms. The van der Waals surface area contributed by atoms with Gasteiger partial charge < -0.3 is 15.8 Å². The van der Waals surface area contributed by atoms with Crippen LogP contribution < -0.4 is 5.73 Å². The van der Waals surface area contributed by atoms with Gasteiger partial charge in [0.15, 0.2) is 0 Å². The maximum atomic E-state index is 12.4. The molecule has 1 amide bonds. The number of oxime groups is 1. The second-order valence-corrected chi connectivity index (χ2v) is 5.56. The number of hydrogen-bond acceptors (Lipinski definition) is 3. The Hall–Kier alpha value is -1.46. The number of halogens is 2. The Morgan fingerprint density at radius 1 is 1.35 bits per heavy atom. The van der Waals surface area contributed by atoms with Gasteiger partial charge in [-0.2, -0.15) is 0 Å². The average molecular weight is 316 g/mol. The van der Waals surface area contributed by atoms with Gasteiger partial charge in [-0.3, -0.25) is 4.79 Å². The fraction of sp³-hybridized carbons (Fsp3) is 0.385. The number of nitrogens with zero attached hydrogens (tertiary/aromatic N) is 2. The van der Waals surface area contributed by atoms with Crippen molar-refractivity contribution < 1.29 is 10.0 Å². The SMILES string of the molecule is NC(=NO)C1CCN(C(=O)c2ccc(Cl)cc2Cl)CC1. The van der Waals surface area contributed by atoms with Gasteiger partial charge in [0.05, 0.1) is 10.6 Å². The number of nitrogens with two attached hydrogens (primary N) is 1. The Bertz CT molecular complexity index is 540. The molecule has 0 aliphatic carbocycles. The Morgan fingerprint density at radius 3 is 2.55 bits per heavy atom. The molecule has 0 spiro atoms. The minimum Gasteiger partial charge on any atom is -0.409 e. The maximum absolute atomic E-state index is 12.4. The van der Waals surface area contributed by atoms with E-state index in [1.165, 1.54) is 0 Å². The zero-order chi connectivity index (χ0) is 14.7. The van der Waals surface area contributed by atoms with Gasteiger partial charge in [-0.1, -0.05) is 28.4 Å². The Morgan fingerprint density at radius 2 is 2.00 bits per heavy atom. The van der Waals surface area contributed by atoms with Gasteiger partial charge in [-0.25, -0.2) is 0 Å². The highest BCUT2D eigenvalue weighted by Crippen LogP contribution is 2.25. The van der Waals surface area contributed by atoms with Crippen molar-refractivity contribution in [3.63, 3.8) is 0 Å². The fourth-order valence-electron chi connectivity index (χ4n) is 2.29. The van der Waals surface area contributed by atoms with Crippen LogP contribution in [0.15, 0.2) is 23.4 Å². The number of rotatable bonds is 2. The molecule has 7 heteroatoms. The maximum Gasteiger partial charge on any atom is 0.255 e. The van der Waals surface area contributed by atoms with E-state index in [1.807, 2.05) is 0 Å². The van der Waals surface area contributed by atoms with Gasteiger partial charge in [-0.05, 0) is 31.0 Å². The minimum atomic E-state index is -0.121. The highest BCUT2D eigenvalue weighted by Gasteiger charge is 2.26. The third-order valence-corrected chi connectivity index (χ3v) is 4.03.